The third kappa shape index (κ3) is 5.41. The van der Waals surface area contributed by atoms with Crippen LogP contribution in [0.5, 0.6) is 5.75 Å². The highest BCUT2D eigenvalue weighted by Gasteiger charge is 2.27. The van der Waals surface area contributed by atoms with E-state index >= 15 is 0 Å². The smallest absolute Gasteiger partial charge is 0.214 e. The summed E-state index contributed by atoms with van der Waals surface area (Å²) in [5.41, 5.74) is 4.89. The van der Waals surface area contributed by atoms with E-state index in [9.17, 15) is 8.42 Å². The minimum Gasteiger partial charge on any atom is -0.489 e. The van der Waals surface area contributed by atoms with E-state index < -0.39 is 16.6 Å². The molecular formula is C24H30N4O4S2. The number of hydrogen-bond acceptors (Lipinski definition) is 8. The number of aromatic nitrogens is 2. The van der Waals surface area contributed by atoms with Crippen molar-refractivity contribution in [3.63, 3.8) is 0 Å². The number of nitrogens with one attached hydrogen (secondary N) is 2. The second-order valence-electron chi connectivity index (χ2n) is 8.52. The number of hydrogen-bond donors (Lipinski definition) is 3. The maximum atomic E-state index is 12.3. The van der Waals surface area contributed by atoms with Gasteiger partial charge in [0, 0.05) is 24.2 Å². The Kier molecular flexibility index (Phi) is 7.51. The van der Waals surface area contributed by atoms with Crippen molar-refractivity contribution in [2.75, 3.05) is 24.7 Å². The van der Waals surface area contributed by atoms with Crippen LogP contribution in [0.1, 0.15) is 43.9 Å². The zero-order chi connectivity index (χ0) is 24.3. The van der Waals surface area contributed by atoms with Crippen molar-refractivity contribution in [1.82, 2.24) is 14.9 Å². The van der Waals surface area contributed by atoms with E-state index in [0.29, 0.717) is 0 Å². The van der Waals surface area contributed by atoms with Gasteiger partial charge in [0.05, 0.1) is 24.2 Å². The minimum absolute atomic E-state index is 0.0762. The van der Waals surface area contributed by atoms with Crippen molar-refractivity contribution in [3.8, 4) is 26.9 Å². The number of anilines is 1. The van der Waals surface area contributed by atoms with Gasteiger partial charge in [-0.3, -0.25) is 0 Å². The summed E-state index contributed by atoms with van der Waals surface area (Å²) >= 11 is 1.51. The first kappa shape index (κ1) is 24.6. The normalized spacial score (nSPS) is 15.9. The van der Waals surface area contributed by atoms with Gasteiger partial charge in [-0.05, 0) is 62.4 Å². The van der Waals surface area contributed by atoms with Gasteiger partial charge in [0.2, 0.25) is 10.0 Å². The van der Waals surface area contributed by atoms with Crippen molar-refractivity contribution in [3.05, 3.63) is 47.5 Å². The summed E-state index contributed by atoms with van der Waals surface area (Å²) in [4.78, 5) is 0. The molecule has 0 fully saturated rings. The summed E-state index contributed by atoms with van der Waals surface area (Å²) in [5, 5.41) is 22.8. The van der Waals surface area contributed by atoms with Crippen molar-refractivity contribution >= 4 is 27.0 Å². The van der Waals surface area contributed by atoms with Crippen LogP contribution in [0.4, 0.5) is 5.69 Å². The summed E-state index contributed by atoms with van der Waals surface area (Å²) in [5.74, 6) is 0.492. The molecular weight excluding hydrogens is 472 g/mol. The number of sulfonamides is 1. The number of aliphatic hydroxyl groups is 1. The average molecular weight is 503 g/mol. The van der Waals surface area contributed by atoms with E-state index in [4.69, 9.17) is 9.84 Å². The highest BCUT2D eigenvalue weighted by Crippen LogP contribution is 2.40. The Morgan fingerprint density at radius 3 is 2.74 bits per heavy atom. The van der Waals surface area contributed by atoms with Crippen LogP contribution in [-0.4, -0.2) is 49.2 Å². The summed E-state index contributed by atoms with van der Waals surface area (Å²) in [6.45, 7) is 3.59. The van der Waals surface area contributed by atoms with E-state index in [1.54, 1.807) is 0 Å². The lowest BCUT2D eigenvalue weighted by Crippen LogP contribution is -2.33. The molecule has 0 aliphatic heterocycles. The van der Waals surface area contributed by atoms with Crippen molar-refractivity contribution in [1.29, 1.82) is 0 Å². The maximum absolute atomic E-state index is 12.3. The maximum Gasteiger partial charge on any atom is 0.214 e. The second kappa shape index (κ2) is 10.4. The van der Waals surface area contributed by atoms with Crippen LogP contribution in [0, 0.1) is 0 Å². The SMILES string of the molecule is CNc1cc(-c2nnc(-c3cccc4c3CCCC4NS(=O)(=O)CCO)s2)ccc1OC(C)C. The zero-order valence-electron chi connectivity index (χ0n) is 19.5. The standard InChI is InChI=1S/C24H30N4O4S2/c1-15(2)32-22-11-10-16(14-21(22)25-3)23-26-27-24(33-23)19-8-4-7-18-17(19)6-5-9-20(18)28-34(30,31)13-12-29/h4,7-8,10-11,14-15,20,25,28-29H,5-6,9,12-13H2,1-3H3. The first-order valence-electron chi connectivity index (χ1n) is 11.4. The van der Waals surface area contributed by atoms with Gasteiger partial charge >= 0.3 is 0 Å². The topological polar surface area (TPSA) is 113 Å². The number of aliphatic hydroxyl groups excluding tert-OH is 1. The molecule has 2 aromatic carbocycles. The van der Waals surface area contributed by atoms with Gasteiger partial charge in [0.25, 0.3) is 0 Å². The highest BCUT2D eigenvalue weighted by atomic mass is 32.2. The summed E-state index contributed by atoms with van der Waals surface area (Å²) in [7, 11) is -1.68. The van der Waals surface area contributed by atoms with Gasteiger partial charge in [-0.2, -0.15) is 0 Å². The fraction of sp³-hybridized carbons (Fsp3) is 0.417. The minimum atomic E-state index is -3.54. The van der Waals surface area contributed by atoms with E-state index in [2.05, 4.69) is 20.2 Å². The lowest BCUT2D eigenvalue weighted by atomic mass is 9.85. The Morgan fingerprint density at radius 1 is 1.21 bits per heavy atom. The molecule has 0 spiro atoms. The predicted octanol–water partition coefficient (Wildman–Crippen LogP) is 3.99. The van der Waals surface area contributed by atoms with E-state index in [-0.39, 0.29) is 17.9 Å². The molecule has 0 amide bonds. The highest BCUT2D eigenvalue weighted by molar-refractivity contribution is 7.89. The molecule has 3 N–H and O–H groups in total. The zero-order valence-corrected chi connectivity index (χ0v) is 21.2. The number of fused-ring (bicyclic) bond motifs is 1. The number of rotatable bonds is 9. The average Bonchev–Trinajstić information content (AvgIpc) is 3.28. The molecule has 1 atom stereocenters. The molecule has 8 nitrogen and oxygen atoms in total. The molecule has 0 radical (unpaired) electrons. The van der Waals surface area contributed by atoms with Crippen LogP contribution in [0.2, 0.25) is 0 Å². The molecule has 1 aliphatic carbocycles. The van der Waals surface area contributed by atoms with E-state index in [1.165, 1.54) is 11.3 Å². The van der Waals surface area contributed by atoms with Crippen LogP contribution in [-0.2, 0) is 16.4 Å². The van der Waals surface area contributed by atoms with Crippen LogP contribution in [0.25, 0.3) is 21.1 Å². The van der Waals surface area contributed by atoms with Gasteiger partial charge in [-0.25, -0.2) is 13.1 Å². The molecule has 1 aromatic heterocycles. The largest absolute Gasteiger partial charge is 0.489 e. The van der Waals surface area contributed by atoms with Crippen LogP contribution in [0.15, 0.2) is 36.4 Å². The Morgan fingerprint density at radius 2 is 2.00 bits per heavy atom. The lowest BCUT2D eigenvalue weighted by Gasteiger charge is -2.27. The first-order valence-corrected chi connectivity index (χ1v) is 13.8. The number of ether oxygens (including phenoxy) is 1. The molecule has 4 rings (SSSR count). The third-order valence-corrected chi connectivity index (χ3v) is 8.07. The van der Waals surface area contributed by atoms with E-state index in [0.717, 1.165) is 63.0 Å². The molecule has 0 saturated heterocycles. The number of benzene rings is 2. The number of nitrogens with zero attached hydrogens (tertiary/aromatic N) is 2. The lowest BCUT2D eigenvalue weighted by molar-refractivity contribution is 0.244. The molecule has 0 saturated carbocycles. The van der Waals surface area contributed by atoms with Crippen molar-refractivity contribution in [2.45, 2.75) is 45.3 Å². The fourth-order valence-electron chi connectivity index (χ4n) is 4.23. The summed E-state index contributed by atoms with van der Waals surface area (Å²) < 4.78 is 33.1. The molecule has 1 aliphatic rings. The second-order valence-corrected chi connectivity index (χ2v) is 11.4. The third-order valence-electron chi connectivity index (χ3n) is 5.70. The van der Waals surface area contributed by atoms with Gasteiger partial charge in [-0.1, -0.05) is 29.5 Å². The van der Waals surface area contributed by atoms with Crippen molar-refractivity contribution in [2.24, 2.45) is 0 Å². The summed E-state index contributed by atoms with van der Waals surface area (Å²) in [6.07, 6.45) is 2.52. The molecule has 10 heteroatoms. The van der Waals surface area contributed by atoms with E-state index in [1.807, 2.05) is 57.3 Å². The van der Waals surface area contributed by atoms with Gasteiger partial charge in [-0.15, -0.1) is 10.2 Å². The van der Waals surface area contributed by atoms with Crippen LogP contribution < -0.4 is 14.8 Å². The fourth-order valence-corrected chi connectivity index (χ4v) is 6.16. The Labute approximate surface area is 204 Å². The monoisotopic (exact) mass is 502 g/mol. The Bertz CT molecular complexity index is 1260. The molecule has 182 valence electrons. The first-order chi connectivity index (χ1) is 16.3. The van der Waals surface area contributed by atoms with Gasteiger partial charge < -0.3 is 15.2 Å². The molecule has 1 unspecified atom stereocenters. The molecule has 34 heavy (non-hydrogen) atoms. The molecule has 3 aromatic rings. The Hall–Kier alpha value is -2.53. The molecule has 0 bridgehead atoms. The van der Waals surface area contributed by atoms with Gasteiger partial charge in [0.1, 0.15) is 15.8 Å². The van der Waals surface area contributed by atoms with Crippen molar-refractivity contribution < 1.29 is 18.3 Å². The Balaban J connectivity index is 1.64. The quantitative estimate of drug-likeness (QED) is 0.405. The summed E-state index contributed by atoms with van der Waals surface area (Å²) in [6, 6.07) is 11.6. The van der Waals surface area contributed by atoms with Crippen LogP contribution in [0.3, 0.4) is 0 Å². The molecule has 1 heterocycles. The predicted molar refractivity (Wildman–Crippen MR) is 136 cm³/mol. The van der Waals surface area contributed by atoms with Gasteiger partial charge in [0.15, 0.2) is 0 Å². The van der Waals surface area contributed by atoms with Crippen LogP contribution >= 0.6 is 11.3 Å².